The summed E-state index contributed by atoms with van der Waals surface area (Å²) in [6.45, 7) is 5.94. The summed E-state index contributed by atoms with van der Waals surface area (Å²) in [6, 6.07) is 5.91. The lowest BCUT2D eigenvalue weighted by Gasteiger charge is -2.19. The van der Waals surface area contributed by atoms with Crippen LogP contribution in [-0.2, 0) is 11.3 Å². The van der Waals surface area contributed by atoms with Crippen LogP contribution in [-0.4, -0.2) is 34.1 Å². The zero-order chi connectivity index (χ0) is 24.2. The highest BCUT2D eigenvalue weighted by molar-refractivity contribution is 7.16. The number of aromatic nitrogens is 1. The van der Waals surface area contributed by atoms with Gasteiger partial charge in [-0.1, -0.05) is 5.16 Å². The van der Waals surface area contributed by atoms with Crippen molar-refractivity contribution in [2.24, 2.45) is 5.16 Å². The Morgan fingerprint density at radius 1 is 1.21 bits per heavy atom. The molecule has 1 saturated carbocycles. The van der Waals surface area contributed by atoms with E-state index in [0.29, 0.717) is 16.7 Å². The van der Waals surface area contributed by atoms with E-state index >= 15 is 0 Å². The van der Waals surface area contributed by atoms with Crippen molar-refractivity contribution >= 4 is 33.9 Å². The number of aryl methyl sites for hydroxylation is 1. The number of hydrogen-bond donors (Lipinski definition) is 1. The maximum atomic E-state index is 13.0. The van der Waals surface area contributed by atoms with Gasteiger partial charge in [0.1, 0.15) is 11.2 Å². The number of carbonyl (C=O) groups is 1. The highest BCUT2D eigenvalue weighted by atomic mass is 32.1. The molecule has 178 valence electrons. The van der Waals surface area contributed by atoms with E-state index in [1.54, 1.807) is 24.5 Å². The van der Waals surface area contributed by atoms with Gasteiger partial charge in [-0.25, -0.2) is 4.79 Å². The number of aromatic carboxylic acids is 1. The molecule has 1 N–H and O–H groups in total. The highest BCUT2D eigenvalue weighted by Crippen LogP contribution is 2.45. The summed E-state index contributed by atoms with van der Waals surface area (Å²) >= 11 is 1.71. The van der Waals surface area contributed by atoms with Gasteiger partial charge < -0.3 is 19.2 Å². The molecule has 0 amide bonds. The fourth-order valence-corrected chi connectivity index (χ4v) is 5.69. The normalized spacial score (nSPS) is 17.1. The fraction of sp³-hybridized carbons (Fsp3) is 0.423. The van der Waals surface area contributed by atoms with Crippen LogP contribution in [0, 0.1) is 0 Å². The molecular weight excluding hydrogens is 452 g/mol. The minimum atomic E-state index is -1.21. The van der Waals surface area contributed by atoms with E-state index in [4.69, 9.17) is 9.57 Å². The maximum absolute atomic E-state index is 13.0. The lowest BCUT2D eigenvalue weighted by atomic mass is 9.96. The molecule has 2 heterocycles. The third-order valence-corrected chi connectivity index (χ3v) is 7.38. The molecule has 7 nitrogen and oxygen atoms in total. The number of pyridine rings is 1. The zero-order valence-corrected chi connectivity index (χ0v) is 20.6. The molecule has 3 aromatic rings. The van der Waals surface area contributed by atoms with Crippen LogP contribution in [0.15, 0.2) is 34.3 Å². The molecule has 2 aliphatic rings. The van der Waals surface area contributed by atoms with Crippen LogP contribution >= 0.6 is 11.3 Å². The van der Waals surface area contributed by atoms with E-state index in [9.17, 15) is 14.7 Å². The Bertz CT molecular complexity index is 1390. The van der Waals surface area contributed by atoms with Crippen molar-refractivity contribution < 1.29 is 19.5 Å². The lowest BCUT2D eigenvalue weighted by molar-refractivity contribution is 0.000623. The van der Waals surface area contributed by atoms with Crippen molar-refractivity contribution in [3.05, 3.63) is 50.6 Å². The van der Waals surface area contributed by atoms with Crippen LogP contribution in [0.5, 0.6) is 5.75 Å². The molecule has 0 aliphatic heterocycles. The average Bonchev–Trinajstić information content (AvgIpc) is 3.54. The predicted molar refractivity (Wildman–Crippen MR) is 134 cm³/mol. The number of carboxylic acid groups (broad SMARTS) is 1. The Morgan fingerprint density at radius 2 is 1.97 bits per heavy atom. The van der Waals surface area contributed by atoms with Crippen LogP contribution in [0.2, 0.25) is 0 Å². The molecule has 8 heteroatoms. The summed E-state index contributed by atoms with van der Waals surface area (Å²) in [7, 11) is 1.60. The average molecular weight is 481 g/mol. The first-order chi connectivity index (χ1) is 16.2. The van der Waals surface area contributed by atoms with Crippen molar-refractivity contribution in [3.63, 3.8) is 0 Å². The first-order valence-electron chi connectivity index (χ1n) is 11.6. The van der Waals surface area contributed by atoms with Crippen molar-refractivity contribution in [3.8, 4) is 16.2 Å². The van der Waals surface area contributed by atoms with Crippen LogP contribution < -0.4 is 10.2 Å². The Kier molecular flexibility index (Phi) is 5.51. The van der Waals surface area contributed by atoms with Gasteiger partial charge in [-0.05, 0) is 71.1 Å². The molecule has 5 rings (SSSR count). The Hall–Kier alpha value is -3.13. The number of carboxylic acids is 1. The van der Waals surface area contributed by atoms with Gasteiger partial charge in [0.25, 0.3) is 0 Å². The number of nitrogens with zero attached hydrogens (tertiary/aromatic N) is 2. The van der Waals surface area contributed by atoms with Gasteiger partial charge in [0.15, 0.2) is 5.75 Å². The number of ether oxygens (including phenoxy) is 1. The molecule has 2 aromatic heterocycles. The minimum Gasteiger partial charge on any atom is -0.494 e. The number of oxime groups is 1. The Labute approximate surface area is 201 Å². The van der Waals surface area contributed by atoms with Gasteiger partial charge in [-0.3, -0.25) is 4.79 Å². The number of rotatable bonds is 5. The van der Waals surface area contributed by atoms with E-state index in [1.165, 1.54) is 11.1 Å². The first kappa shape index (κ1) is 22.7. The maximum Gasteiger partial charge on any atom is 0.341 e. The van der Waals surface area contributed by atoms with E-state index in [-0.39, 0.29) is 17.2 Å². The van der Waals surface area contributed by atoms with Crippen molar-refractivity contribution in [1.82, 2.24) is 4.57 Å². The molecular formula is C26H28N2O5S. The summed E-state index contributed by atoms with van der Waals surface area (Å²) < 4.78 is 7.80. The van der Waals surface area contributed by atoms with Crippen molar-refractivity contribution in [2.45, 2.75) is 64.5 Å². The molecule has 0 radical (unpaired) electrons. The van der Waals surface area contributed by atoms with E-state index in [0.717, 1.165) is 53.8 Å². The third-order valence-electron chi connectivity index (χ3n) is 6.15. The van der Waals surface area contributed by atoms with Crippen LogP contribution in [0.1, 0.15) is 73.3 Å². The molecule has 1 aromatic carbocycles. The minimum absolute atomic E-state index is 0.176. The van der Waals surface area contributed by atoms with Crippen molar-refractivity contribution in [1.29, 1.82) is 0 Å². The van der Waals surface area contributed by atoms with Gasteiger partial charge in [0.2, 0.25) is 5.43 Å². The molecule has 2 aliphatic carbocycles. The molecule has 0 bridgehead atoms. The van der Waals surface area contributed by atoms with Gasteiger partial charge in [0.05, 0.1) is 23.7 Å². The quantitative estimate of drug-likeness (QED) is 0.478. The molecule has 0 saturated heterocycles. The smallest absolute Gasteiger partial charge is 0.341 e. The summed E-state index contributed by atoms with van der Waals surface area (Å²) in [5.41, 5.74) is 2.57. The fourth-order valence-electron chi connectivity index (χ4n) is 4.44. The zero-order valence-electron chi connectivity index (χ0n) is 19.8. The number of methoxy groups -OCH3 is 1. The second-order valence-electron chi connectivity index (χ2n) is 9.90. The summed E-state index contributed by atoms with van der Waals surface area (Å²) in [6.07, 6.45) is 6.25. The summed E-state index contributed by atoms with van der Waals surface area (Å²) in [5, 5.41) is 14.4. The van der Waals surface area contributed by atoms with Gasteiger partial charge in [-0.15, -0.1) is 11.3 Å². The monoisotopic (exact) mass is 480 g/mol. The summed E-state index contributed by atoms with van der Waals surface area (Å²) in [4.78, 5) is 32.7. The topological polar surface area (TPSA) is 90.1 Å². The standard InChI is InChI=1S/C26H28N2O5S/c1-26(2,3)33-27-19-6-5-7-20-17(19)12-21(34-20)15-10-11-16-22(24(15)32-4)28(14-8-9-14)13-18(23(16)29)25(30)31/h10-14H,5-9H2,1-4H3,(H,30,31)/b27-19-. The van der Waals surface area contributed by atoms with Gasteiger partial charge in [-0.2, -0.15) is 0 Å². The second kappa shape index (κ2) is 8.27. The van der Waals surface area contributed by atoms with Crippen LogP contribution in [0.4, 0.5) is 0 Å². The molecule has 0 unspecified atom stereocenters. The third kappa shape index (κ3) is 4.00. The number of hydrogen-bond acceptors (Lipinski definition) is 6. The van der Waals surface area contributed by atoms with E-state index in [2.05, 4.69) is 11.2 Å². The summed E-state index contributed by atoms with van der Waals surface area (Å²) in [5.74, 6) is -0.610. The first-order valence-corrected chi connectivity index (χ1v) is 12.4. The largest absolute Gasteiger partial charge is 0.494 e. The predicted octanol–water partition coefficient (Wildman–Crippen LogP) is 5.63. The van der Waals surface area contributed by atoms with Gasteiger partial charge >= 0.3 is 5.97 Å². The molecule has 34 heavy (non-hydrogen) atoms. The Morgan fingerprint density at radius 3 is 2.62 bits per heavy atom. The van der Waals surface area contributed by atoms with E-state index in [1.807, 2.05) is 31.4 Å². The number of fused-ring (bicyclic) bond motifs is 2. The second-order valence-corrected chi connectivity index (χ2v) is 11.0. The molecule has 0 spiro atoms. The van der Waals surface area contributed by atoms with E-state index < -0.39 is 11.4 Å². The van der Waals surface area contributed by atoms with Crippen LogP contribution in [0.3, 0.4) is 0 Å². The lowest BCUT2D eigenvalue weighted by Crippen LogP contribution is -2.19. The van der Waals surface area contributed by atoms with Crippen LogP contribution in [0.25, 0.3) is 21.3 Å². The van der Waals surface area contributed by atoms with Crippen molar-refractivity contribution in [2.75, 3.05) is 7.11 Å². The molecule has 1 fully saturated rings. The number of benzene rings is 1. The number of thiophene rings is 1. The van der Waals surface area contributed by atoms with Gasteiger partial charge in [0, 0.05) is 33.1 Å². The molecule has 0 atom stereocenters. The Balaban J connectivity index is 1.68. The SMILES string of the molecule is COc1c(-c2cc3c(s2)CCC/C3=N/OC(C)(C)C)ccc2c(=O)c(C(=O)O)cn(C3CC3)c12. The highest BCUT2D eigenvalue weighted by Gasteiger charge is 2.30.